The van der Waals surface area contributed by atoms with Crippen molar-refractivity contribution in [1.29, 1.82) is 0 Å². The summed E-state index contributed by atoms with van der Waals surface area (Å²) >= 11 is 2.03. The zero-order chi connectivity index (χ0) is 13.0. The molecule has 0 aliphatic heterocycles. The first kappa shape index (κ1) is 13.8. The summed E-state index contributed by atoms with van der Waals surface area (Å²) in [5.41, 5.74) is 0.145. The van der Waals surface area contributed by atoms with Crippen molar-refractivity contribution in [3.63, 3.8) is 0 Å². The average molecular weight is 361 g/mol. The van der Waals surface area contributed by atoms with Crippen LogP contribution < -0.4 is 5.32 Å². The minimum absolute atomic E-state index is 0.145. The fourth-order valence-corrected chi connectivity index (χ4v) is 2.85. The van der Waals surface area contributed by atoms with Crippen molar-refractivity contribution in [2.45, 2.75) is 32.1 Å². The standard InChI is InChI=1S/C14H17FINO/c15-13-8-11(16)6-7-12(13)14(18)17-9-10-4-2-1-3-5-10/h6-8,10H,1-5,9H2,(H,17,18). The normalized spacial score (nSPS) is 16.6. The summed E-state index contributed by atoms with van der Waals surface area (Å²) in [6, 6.07) is 4.68. The van der Waals surface area contributed by atoms with Crippen LogP contribution in [-0.4, -0.2) is 12.5 Å². The van der Waals surface area contributed by atoms with Gasteiger partial charge in [-0.1, -0.05) is 19.3 Å². The molecule has 1 N–H and O–H groups in total. The van der Waals surface area contributed by atoms with Gasteiger partial charge in [0.1, 0.15) is 5.82 Å². The van der Waals surface area contributed by atoms with Crippen molar-refractivity contribution < 1.29 is 9.18 Å². The highest BCUT2D eigenvalue weighted by Gasteiger charge is 2.16. The lowest BCUT2D eigenvalue weighted by Crippen LogP contribution is -2.30. The molecule has 18 heavy (non-hydrogen) atoms. The molecule has 0 spiro atoms. The predicted octanol–water partition coefficient (Wildman–Crippen LogP) is 3.74. The Morgan fingerprint density at radius 1 is 1.33 bits per heavy atom. The van der Waals surface area contributed by atoms with Gasteiger partial charge in [0.05, 0.1) is 5.56 Å². The lowest BCUT2D eigenvalue weighted by molar-refractivity contribution is 0.0939. The van der Waals surface area contributed by atoms with E-state index in [1.165, 1.54) is 38.2 Å². The molecule has 1 aromatic rings. The zero-order valence-corrected chi connectivity index (χ0v) is 12.4. The Morgan fingerprint density at radius 2 is 2.06 bits per heavy atom. The molecule has 4 heteroatoms. The van der Waals surface area contributed by atoms with Gasteiger partial charge in [-0.3, -0.25) is 4.79 Å². The second-order valence-corrected chi connectivity index (χ2v) is 6.08. The summed E-state index contributed by atoms with van der Waals surface area (Å²) in [4.78, 5) is 11.9. The molecule has 0 aromatic heterocycles. The van der Waals surface area contributed by atoms with Crippen LogP contribution in [0.4, 0.5) is 4.39 Å². The smallest absolute Gasteiger partial charge is 0.254 e. The van der Waals surface area contributed by atoms with Crippen molar-refractivity contribution in [2.24, 2.45) is 5.92 Å². The molecule has 0 heterocycles. The molecular weight excluding hydrogens is 344 g/mol. The fourth-order valence-electron chi connectivity index (χ4n) is 2.40. The molecule has 1 aliphatic carbocycles. The maximum Gasteiger partial charge on any atom is 0.254 e. The van der Waals surface area contributed by atoms with Gasteiger partial charge < -0.3 is 5.32 Å². The molecule has 0 atom stereocenters. The third-order valence-electron chi connectivity index (χ3n) is 3.45. The maximum atomic E-state index is 13.6. The van der Waals surface area contributed by atoms with E-state index in [1.807, 2.05) is 22.6 Å². The summed E-state index contributed by atoms with van der Waals surface area (Å²) < 4.78 is 14.4. The molecule has 0 unspecified atom stereocenters. The lowest BCUT2D eigenvalue weighted by Gasteiger charge is -2.21. The molecule has 1 aromatic carbocycles. The Kier molecular flexibility index (Phi) is 4.97. The van der Waals surface area contributed by atoms with E-state index >= 15 is 0 Å². The van der Waals surface area contributed by atoms with E-state index in [2.05, 4.69) is 5.32 Å². The van der Waals surface area contributed by atoms with Crippen LogP contribution in [0.5, 0.6) is 0 Å². The molecule has 1 aliphatic rings. The minimum atomic E-state index is -0.442. The van der Waals surface area contributed by atoms with Crippen LogP contribution in [0.1, 0.15) is 42.5 Å². The minimum Gasteiger partial charge on any atom is -0.352 e. The zero-order valence-electron chi connectivity index (χ0n) is 10.2. The Bertz CT molecular complexity index is 430. The molecule has 1 fully saturated rings. The van der Waals surface area contributed by atoms with Crippen molar-refractivity contribution >= 4 is 28.5 Å². The third-order valence-corrected chi connectivity index (χ3v) is 4.12. The molecule has 0 radical (unpaired) electrons. The highest BCUT2D eigenvalue weighted by molar-refractivity contribution is 14.1. The third kappa shape index (κ3) is 3.67. The van der Waals surface area contributed by atoms with E-state index in [4.69, 9.17) is 0 Å². The van der Waals surface area contributed by atoms with Gasteiger partial charge in [0, 0.05) is 10.1 Å². The fraction of sp³-hybridized carbons (Fsp3) is 0.500. The first-order chi connectivity index (χ1) is 8.66. The van der Waals surface area contributed by atoms with Gasteiger partial charge in [0.25, 0.3) is 5.91 Å². The molecule has 1 saturated carbocycles. The first-order valence-corrected chi connectivity index (χ1v) is 7.48. The number of hydrogen-bond acceptors (Lipinski definition) is 1. The molecule has 1 amide bonds. The number of carbonyl (C=O) groups is 1. The summed E-state index contributed by atoms with van der Waals surface area (Å²) in [6.07, 6.45) is 6.15. The molecule has 0 bridgehead atoms. The van der Waals surface area contributed by atoms with Crippen LogP contribution in [-0.2, 0) is 0 Å². The Hall–Kier alpha value is -0.650. The van der Waals surface area contributed by atoms with E-state index < -0.39 is 5.82 Å². The van der Waals surface area contributed by atoms with Crippen molar-refractivity contribution in [1.82, 2.24) is 5.32 Å². The van der Waals surface area contributed by atoms with E-state index in [1.54, 1.807) is 12.1 Å². The number of halogens is 2. The van der Waals surface area contributed by atoms with Gasteiger partial charge in [0.15, 0.2) is 0 Å². The molecule has 2 nitrogen and oxygen atoms in total. The van der Waals surface area contributed by atoms with Crippen LogP contribution >= 0.6 is 22.6 Å². The van der Waals surface area contributed by atoms with E-state index in [0.717, 1.165) is 3.57 Å². The SMILES string of the molecule is O=C(NCC1CCCCC1)c1ccc(I)cc1F. The van der Waals surface area contributed by atoms with Crippen LogP contribution in [0.25, 0.3) is 0 Å². The van der Waals surface area contributed by atoms with E-state index in [0.29, 0.717) is 12.5 Å². The van der Waals surface area contributed by atoms with Crippen LogP contribution in [0.3, 0.4) is 0 Å². The van der Waals surface area contributed by atoms with Crippen molar-refractivity contribution in [3.05, 3.63) is 33.1 Å². The number of hydrogen-bond donors (Lipinski definition) is 1. The predicted molar refractivity (Wildman–Crippen MR) is 78.0 cm³/mol. The monoisotopic (exact) mass is 361 g/mol. The van der Waals surface area contributed by atoms with Crippen LogP contribution in [0.2, 0.25) is 0 Å². The average Bonchev–Trinajstić information content (AvgIpc) is 2.37. The summed E-state index contributed by atoms with van der Waals surface area (Å²) in [5.74, 6) is -0.174. The maximum absolute atomic E-state index is 13.6. The van der Waals surface area contributed by atoms with E-state index in [9.17, 15) is 9.18 Å². The van der Waals surface area contributed by atoms with Gasteiger partial charge in [0.2, 0.25) is 0 Å². The Labute approximate surface area is 120 Å². The molecular formula is C14H17FINO. The number of carbonyl (C=O) groups excluding carboxylic acids is 1. The van der Waals surface area contributed by atoms with Crippen LogP contribution in [0.15, 0.2) is 18.2 Å². The van der Waals surface area contributed by atoms with Gasteiger partial charge in [-0.05, 0) is 59.5 Å². The van der Waals surface area contributed by atoms with Crippen LogP contribution in [0, 0.1) is 15.3 Å². The van der Waals surface area contributed by atoms with Gasteiger partial charge >= 0.3 is 0 Å². The summed E-state index contributed by atoms with van der Waals surface area (Å²) in [6.45, 7) is 0.671. The summed E-state index contributed by atoms with van der Waals surface area (Å²) in [7, 11) is 0. The number of amides is 1. The van der Waals surface area contributed by atoms with Gasteiger partial charge in [-0.25, -0.2) is 4.39 Å². The number of benzene rings is 1. The lowest BCUT2D eigenvalue weighted by atomic mass is 9.89. The Balaban J connectivity index is 1.90. The quantitative estimate of drug-likeness (QED) is 0.817. The molecule has 2 rings (SSSR count). The van der Waals surface area contributed by atoms with Crippen molar-refractivity contribution in [3.8, 4) is 0 Å². The largest absolute Gasteiger partial charge is 0.352 e. The molecule has 0 saturated heterocycles. The number of rotatable bonds is 3. The van der Waals surface area contributed by atoms with E-state index in [-0.39, 0.29) is 11.5 Å². The van der Waals surface area contributed by atoms with Crippen molar-refractivity contribution in [2.75, 3.05) is 6.54 Å². The topological polar surface area (TPSA) is 29.1 Å². The number of nitrogens with one attached hydrogen (secondary N) is 1. The highest BCUT2D eigenvalue weighted by atomic mass is 127. The molecule has 98 valence electrons. The second-order valence-electron chi connectivity index (χ2n) is 4.84. The summed E-state index contributed by atoms with van der Waals surface area (Å²) in [5, 5.41) is 2.85. The Morgan fingerprint density at radius 3 is 2.72 bits per heavy atom. The van der Waals surface area contributed by atoms with Gasteiger partial charge in [-0.2, -0.15) is 0 Å². The highest BCUT2D eigenvalue weighted by Crippen LogP contribution is 2.23. The van der Waals surface area contributed by atoms with Gasteiger partial charge in [-0.15, -0.1) is 0 Å². The second kappa shape index (κ2) is 6.50. The first-order valence-electron chi connectivity index (χ1n) is 6.40.